The first-order chi connectivity index (χ1) is 13.8. The summed E-state index contributed by atoms with van der Waals surface area (Å²) in [6.07, 6.45) is 1.93. The van der Waals surface area contributed by atoms with Crippen LogP contribution in [-0.4, -0.2) is 40.8 Å². The second kappa shape index (κ2) is 12.7. The highest BCUT2D eigenvalue weighted by molar-refractivity contribution is 14.0. The van der Waals surface area contributed by atoms with Crippen LogP contribution in [0.25, 0.3) is 0 Å². The molecule has 2 rings (SSSR count). The van der Waals surface area contributed by atoms with Crippen LogP contribution in [0, 0.1) is 12.7 Å². The largest absolute Gasteiger partial charge is 0.494 e. The Labute approximate surface area is 195 Å². The van der Waals surface area contributed by atoms with Gasteiger partial charge in [-0.1, -0.05) is 23.8 Å². The predicted molar refractivity (Wildman–Crippen MR) is 130 cm³/mol. The number of hydrogen-bond acceptors (Lipinski definition) is 4. The molecular weight excluding hydrogens is 520 g/mol. The Balaban J connectivity index is 0.00000450. The van der Waals surface area contributed by atoms with Gasteiger partial charge in [0.25, 0.3) is 0 Å². The molecule has 0 aromatic heterocycles. The first kappa shape index (κ1) is 26.2. The molecule has 0 radical (unpaired) electrons. The molecule has 2 aromatic rings. The van der Waals surface area contributed by atoms with Crippen molar-refractivity contribution in [3.05, 3.63) is 65.0 Å². The Morgan fingerprint density at radius 3 is 2.43 bits per heavy atom. The van der Waals surface area contributed by atoms with Gasteiger partial charge < -0.3 is 15.4 Å². The van der Waals surface area contributed by atoms with Gasteiger partial charge in [-0.15, -0.1) is 24.0 Å². The van der Waals surface area contributed by atoms with E-state index in [0.717, 1.165) is 18.4 Å². The highest BCUT2D eigenvalue weighted by Crippen LogP contribution is 2.14. The lowest BCUT2D eigenvalue weighted by Crippen LogP contribution is -2.37. The minimum atomic E-state index is -3.21. The Bertz CT molecular complexity index is 935. The number of nitrogens with one attached hydrogen (secondary N) is 2. The number of halogens is 2. The van der Waals surface area contributed by atoms with Crippen molar-refractivity contribution in [2.75, 3.05) is 26.5 Å². The molecule has 2 aromatic carbocycles. The average molecular weight is 549 g/mol. The van der Waals surface area contributed by atoms with Crippen molar-refractivity contribution in [1.82, 2.24) is 10.6 Å². The number of ether oxygens (including phenoxy) is 1. The summed E-state index contributed by atoms with van der Waals surface area (Å²) in [5, 5.41) is 6.25. The van der Waals surface area contributed by atoms with E-state index < -0.39 is 15.7 Å². The maximum Gasteiger partial charge on any atom is 0.191 e. The Hall–Kier alpha value is -1.88. The fourth-order valence-corrected chi connectivity index (χ4v) is 3.53. The molecule has 0 aliphatic rings. The summed E-state index contributed by atoms with van der Waals surface area (Å²) >= 11 is 0. The van der Waals surface area contributed by atoms with Crippen LogP contribution in [0.1, 0.15) is 23.1 Å². The number of sulfone groups is 1. The molecule has 0 fully saturated rings. The lowest BCUT2D eigenvalue weighted by atomic mass is 10.1. The molecule has 0 saturated heterocycles. The highest BCUT2D eigenvalue weighted by atomic mass is 127. The van der Waals surface area contributed by atoms with Gasteiger partial charge in [0.05, 0.1) is 12.4 Å². The van der Waals surface area contributed by atoms with Gasteiger partial charge in [-0.25, -0.2) is 12.8 Å². The molecule has 2 N–H and O–H groups in total. The van der Waals surface area contributed by atoms with E-state index in [4.69, 9.17) is 4.74 Å². The van der Waals surface area contributed by atoms with Gasteiger partial charge in [-0.05, 0) is 48.7 Å². The second-order valence-electron chi connectivity index (χ2n) is 6.85. The standard InChI is InChI=1S/C21H28FN3O3S.HI/c1-16-5-9-20(10-6-16)28-12-4-11-24-21(23-2)25-14-18-13-19(22)8-7-17(18)15-29(3,26)27;/h5-10,13H,4,11-12,14-15H2,1-3H3,(H2,23,24,25);1H. The van der Waals surface area contributed by atoms with Crippen molar-refractivity contribution in [2.45, 2.75) is 25.6 Å². The summed E-state index contributed by atoms with van der Waals surface area (Å²) < 4.78 is 42.5. The zero-order valence-electron chi connectivity index (χ0n) is 17.4. The number of nitrogens with zero attached hydrogens (tertiary/aromatic N) is 1. The van der Waals surface area contributed by atoms with Gasteiger partial charge in [0, 0.05) is 26.4 Å². The molecule has 0 spiro atoms. The van der Waals surface area contributed by atoms with E-state index >= 15 is 0 Å². The zero-order chi connectivity index (χ0) is 21.3. The third kappa shape index (κ3) is 9.75. The van der Waals surface area contributed by atoms with Crippen LogP contribution in [0.4, 0.5) is 4.39 Å². The van der Waals surface area contributed by atoms with Crippen LogP contribution in [0.3, 0.4) is 0 Å². The minimum Gasteiger partial charge on any atom is -0.494 e. The van der Waals surface area contributed by atoms with Gasteiger partial charge in [0.1, 0.15) is 11.6 Å². The number of aryl methyl sites for hydroxylation is 1. The molecule has 0 aliphatic heterocycles. The minimum absolute atomic E-state index is 0. The molecule has 0 aliphatic carbocycles. The Kier molecular flexibility index (Phi) is 11.1. The summed E-state index contributed by atoms with van der Waals surface area (Å²) in [6.45, 7) is 3.50. The number of hydrogen-bond donors (Lipinski definition) is 2. The first-order valence-corrected chi connectivity index (χ1v) is 11.4. The van der Waals surface area contributed by atoms with E-state index in [1.54, 1.807) is 7.05 Å². The highest BCUT2D eigenvalue weighted by Gasteiger charge is 2.11. The van der Waals surface area contributed by atoms with E-state index in [2.05, 4.69) is 15.6 Å². The van der Waals surface area contributed by atoms with E-state index in [1.165, 1.54) is 23.8 Å². The Morgan fingerprint density at radius 1 is 1.10 bits per heavy atom. The molecule has 166 valence electrons. The van der Waals surface area contributed by atoms with Crippen LogP contribution in [0.5, 0.6) is 5.75 Å². The molecule has 0 saturated carbocycles. The lowest BCUT2D eigenvalue weighted by molar-refractivity contribution is 0.311. The molecule has 6 nitrogen and oxygen atoms in total. The van der Waals surface area contributed by atoms with Crippen molar-refractivity contribution in [1.29, 1.82) is 0 Å². The molecule has 0 atom stereocenters. The summed E-state index contributed by atoms with van der Waals surface area (Å²) in [4.78, 5) is 4.14. The van der Waals surface area contributed by atoms with Gasteiger partial charge >= 0.3 is 0 Å². The SMILES string of the molecule is CN=C(NCCCOc1ccc(C)cc1)NCc1cc(F)ccc1CS(C)(=O)=O.I. The maximum absolute atomic E-state index is 13.6. The van der Waals surface area contributed by atoms with Crippen molar-refractivity contribution >= 4 is 39.8 Å². The van der Waals surface area contributed by atoms with Gasteiger partial charge in [0.15, 0.2) is 15.8 Å². The van der Waals surface area contributed by atoms with E-state index in [0.29, 0.717) is 30.2 Å². The lowest BCUT2D eigenvalue weighted by Gasteiger charge is -2.14. The molecule has 0 amide bonds. The van der Waals surface area contributed by atoms with Crippen LogP contribution >= 0.6 is 24.0 Å². The average Bonchev–Trinajstić information content (AvgIpc) is 2.66. The number of aliphatic imine (C=N–C) groups is 1. The summed E-state index contributed by atoms with van der Waals surface area (Å²) in [6, 6.07) is 12.0. The van der Waals surface area contributed by atoms with Crippen molar-refractivity contribution in [3.63, 3.8) is 0 Å². The third-order valence-corrected chi connectivity index (χ3v) is 4.99. The van der Waals surface area contributed by atoms with E-state index in [1.807, 2.05) is 31.2 Å². The maximum atomic E-state index is 13.6. The zero-order valence-corrected chi connectivity index (χ0v) is 20.6. The Morgan fingerprint density at radius 2 is 1.80 bits per heavy atom. The number of guanidine groups is 1. The number of rotatable bonds is 9. The van der Waals surface area contributed by atoms with Crippen LogP contribution in [-0.2, 0) is 22.1 Å². The quantitative estimate of drug-likeness (QED) is 0.217. The van der Waals surface area contributed by atoms with Crippen molar-refractivity contribution < 1.29 is 17.5 Å². The summed E-state index contributed by atoms with van der Waals surface area (Å²) in [5.41, 5.74) is 2.34. The predicted octanol–water partition coefficient (Wildman–Crippen LogP) is 3.43. The topological polar surface area (TPSA) is 79.8 Å². The fourth-order valence-electron chi connectivity index (χ4n) is 2.69. The van der Waals surface area contributed by atoms with E-state index in [-0.39, 0.29) is 36.3 Å². The van der Waals surface area contributed by atoms with Gasteiger partial charge in [0.2, 0.25) is 0 Å². The normalized spacial score (nSPS) is 11.5. The van der Waals surface area contributed by atoms with Crippen molar-refractivity contribution in [3.8, 4) is 5.75 Å². The van der Waals surface area contributed by atoms with Crippen LogP contribution in [0.15, 0.2) is 47.5 Å². The van der Waals surface area contributed by atoms with Gasteiger partial charge in [-0.2, -0.15) is 0 Å². The molecule has 0 bridgehead atoms. The third-order valence-electron chi connectivity index (χ3n) is 4.16. The summed E-state index contributed by atoms with van der Waals surface area (Å²) in [7, 11) is -1.57. The van der Waals surface area contributed by atoms with E-state index in [9.17, 15) is 12.8 Å². The summed E-state index contributed by atoms with van der Waals surface area (Å²) in [5.74, 6) is 0.847. The second-order valence-corrected chi connectivity index (χ2v) is 8.99. The molecule has 0 heterocycles. The first-order valence-electron chi connectivity index (χ1n) is 9.36. The molecular formula is C21H29FIN3O3S. The molecule has 30 heavy (non-hydrogen) atoms. The fraction of sp³-hybridized carbons (Fsp3) is 0.381. The molecule has 9 heteroatoms. The monoisotopic (exact) mass is 549 g/mol. The van der Waals surface area contributed by atoms with Crippen LogP contribution in [0.2, 0.25) is 0 Å². The molecule has 0 unspecified atom stereocenters. The number of benzene rings is 2. The van der Waals surface area contributed by atoms with Crippen LogP contribution < -0.4 is 15.4 Å². The van der Waals surface area contributed by atoms with Gasteiger partial charge in [-0.3, -0.25) is 4.99 Å². The van der Waals surface area contributed by atoms with Crippen molar-refractivity contribution in [2.24, 2.45) is 4.99 Å². The smallest absolute Gasteiger partial charge is 0.191 e.